The second kappa shape index (κ2) is 33.6. The molecule has 372 valence electrons. The molecule has 2 fully saturated rings. The average molecular weight is 955 g/mol. The number of phosphoric ester groups is 2. The van der Waals surface area contributed by atoms with E-state index in [4.69, 9.17) is 33.0 Å². The van der Waals surface area contributed by atoms with Crippen LogP contribution in [0.2, 0.25) is 0 Å². The summed E-state index contributed by atoms with van der Waals surface area (Å²) < 4.78 is 55.0. The summed E-state index contributed by atoms with van der Waals surface area (Å²) in [5.41, 5.74) is 0. The molecule has 1 aliphatic carbocycles. The van der Waals surface area contributed by atoms with E-state index in [1.807, 2.05) is 12.2 Å². The van der Waals surface area contributed by atoms with E-state index >= 15 is 0 Å². The smallest absolute Gasteiger partial charge is 0.462 e. The van der Waals surface area contributed by atoms with Crippen LogP contribution in [-0.4, -0.2) is 115 Å². The molecule has 1 aliphatic heterocycles. The summed E-state index contributed by atoms with van der Waals surface area (Å²) in [5.74, 6) is -1.27. The van der Waals surface area contributed by atoms with E-state index in [9.17, 15) is 44.0 Å². The molecular weight excluding hydrogens is 874 g/mol. The quantitative estimate of drug-likeness (QED) is 0.0103. The Hall–Kier alpha value is -1.82. The van der Waals surface area contributed by atoms with E-state index in [0.29, 0.717) is 25.4 Å². The molecule has 0 aromatic rings. The third kappa shape index (κ3) is 27.1. The van der Waals surface area contributed by atoms with Crippen molar-refractivity contribution in [3.63, 3.8) is 0 Å². The molecule has 2 rings (SSSR count). The van der Waals surface area contributed by atoms with Crippen LogP contribution < -0.4 is 0 Å². The number of epoxide rings is 1. The summed E-state index contributed by atoms with van der Waals surface area (Å²) in [6.07, 6.45) is 21.4. The molecule has 1 saturated heterocycles. The molecule has 1 saturated carbocycles. The fourth-order valence-corrected chi connectivity index (χ4v) is 8.83. The van der Waals surface area contributed by atoms with Gasteiger partial charge in [-0.2, -0.15) is 0 Å². The summed E-state index contributed by atoms with van der Waals surface area (Å²) >= 11 is 0. The predicted octanol–water partition coefficient (Wildman–Crippen LogP) is 7.72. The van der Waals surface area contributed by atoms with Crippen molar-refractivity contribution in [2.24, 2.45) is 0 Å². The summed E-state index contributed by atoms with van der Waals surface area (Å²) in [5, 5.41) is 41.2. The van der Waals surface area contributed by atoms with E-state index < -0.39 is 83.5 Å². The van der Waals surface area contributed by atoms with Crippen molar-refractivity contribution in [2.45, 2.75) is 223 Å². The number of aliphatic hydroxyl groups is 4. The monoisotopic (exact) mass is 954 g/mol. The first-order valence-electron chi connectivity index (χ1n) is 23.7. The van der Waals surface area contributed by atoms with E-state index in [2.05, 4.69) is 42.7 Å². The van der Waals surface area contributed by atoms with Gasteiger partial charge in [0.1, 0.15) is 43.2 Å². The minimum atomic E-state index is -5.37. The molecule has 0 aromatic carbocycles. The largest absolute Gasteiger partial charge is 0.472 e. The van der Waals surface area contributed by atoms with Gasteiger partial charge in [0.25, 0.3) is 0 Å². The predicted molar refractivity (Wildman–Crippen MR) is 241 cm³/mol. The standard InChI is InChI=1S/C45H80O17P2/c1-3-5-7-9-11-12-13-14-15-16-19-24-28-32-39(47)59-35(34-58-64(55,56)62-45-42(50)40(48)41(49)44(43(45)51)61-63(52,53)54)33-57-38(46)31-27-23-20-17-18-22-26-30-37-36(60-37)29-25-21-10-8-6-4-2/h17,20-22,25-26,35-37,40-45,48-51H,3-16,18-19,23-24,27-34H2,1-2H3,(H,55,56)(H2,52,53,54)/b20-17-,25-21-,26-22-/t35-,36?,37?,40?,41?,42?,43?,44-,45+/m1/s1. The van der Waals surface area contributed by atoms with Crippen molar-refractivity contribution >= 4 is 27.6 Å². The molecule has 10 atom stereocenters. The fraction of sp³-hybridized carbons (Fsp3) is 0.822. The van der Waals surface area contributed by atoms with Crippen LogP contribution in [0.15, 0.2) is 36.5 Å². The summed E-state index contributed by atoms with van der Waals surface area (Å²) in [4.78, 5) is 54.2. The van der Waals surface area contributed by atoms with Crippen molar-refractivity contribution in [1.82, 2.24) is 0 Å². The maximum atomic E-state index is 13.0. The van der Waals surface area contributed by atoms with E-state index in [-0.39, 0.29) is 18.9 Å². The normalized spacial score (nSPS) is 25.3. The van der Waals surface area contributed by atoms with Crippen molar-refractivity contribution < 1.29 is 81.6 Å². The van der Waals surface area contributed by atoms with Crippen LogP contribution in [0.5, 0.6) is 0 Å². The highest BCUT2D eigenvalue weighted by Crippen LogP contribution is 2.49. The van der Waals surface area contributed by atoms with Crippen LogP contribution in [0.25, 0.3) is 0 Å². The number of rotatable bonds is 38. The number of ether oxygens (including phenoxy) is 3. The van der Waals surface area contributed by atoms with Gasteiger partial charge < -0.3 is 49.3 Å². The first kappa shape index (κ1) is 58.3. The number of aliphatic hydroxyl groups excluding tert-OH is 4. The Labute approximate surface area is 380 Å². The van der Waals surface area contributed by atoms with Crippen LogP contribution in [-0.2, 0) is 46.5 Å². The van der Waals surface area contributed by atoms with Gasteiger partial charge in [-0.05, 0) is 51.4 Å². The van der Waals surface area contributed by atoms with E-state index in [1.54, 1.807) is 0 Å². The molecule has 0 spiro atoms. The Bertz CT molecular complexity index is 1450. The van der Waals surface area contributed by atoms with Crippen molar-refractivity contribution in [3.05, 3.63) is 36.5 Å². The summed E-state index contributed by atoms with van der Waals surface area (Å²) in [6.45, 7) is 3.02. The minimum absolute atomic E-state index is 0.0321. The van der Waals surface area contributed by atoms with Gasteiger partial charge in [0.2, 0.25) is 0 Å². The minimum Gasteiger partial charge on any atom is -0.462 e. The number of unbranched alkanes of at least 4 members (excludes halogenated alkanes) is 16. The third-order valence-electron chi connectivity index (χ3n) is 11.1. The SMILES string of the molecule is CCCCC/C=C\CC1OC1C/C=C\C/C=C\CCCC(=O)OC[C@H](COP(=O)(O)O[C@H]1C(O)C(O)C(O)[C@@H](OP(=O)(O)O)C1O)OC(=O)CCCCCCCCCCCCCCC. The number of esters is 2. The van der Waals surface area contributed by atoms with Gasteiger partial charge in [-0.1, -0.05) is 140 Å². The average Bonchev–Trinajstić information content (AvgIpc) is 4.01. The Morgan fingerprint density at radius 2 is 1.05 bits per heavy atom. The molecule has 2 aliphatic rings. The Morgan fingerprint density at radius 3 is 1.64 bits per heavy atom. The zero-order valence-electron chi connectivity index (χ0n) is 38.2. The van der Waals surface area contributed by atoms with Gasteiger partial charge in [0.15, 0.2) is 6.10 Å². The van der Waals surface area contributed by atoms with Gasteiger partial charge >= 0.3 is 27.6 Å². The molecule has 64 heavy (non-hydrogen) atoms. The number of hydrogen-bond acceptors (Lipinski definition) is 14. The molecule has 7 unspecified atom stereocenters. The van der Waals surface area contributed by atoms with Crippen molar-refractivity contribution in [2.75, 3.05) is 13.2 Å². The molecule has 0 amide bonds. The molecule has 7 N–H and O–H groups in total. The lowest BCUT2D eigenvalue weighted by atomic mass is 9.85. The lowest BCUT2D eigenvalue weighted by Gasteiger charge is -2.43. The van der Waals surface area contributed by atoms with Gasteiger partial charge in [-0.25, -0.2) is 9.13 Å². The van der Waals surface area contributed by atoms with Crippen LogP contribution in [0.3, 0.4) is 0 Å². The molecule has 19 heteroatoms. The first-order chi connectivity index (χ1) is 30.6. The number of phosphoric acid groups is 2. The Kier molecular flexibility index (Phi) is 30.6. The van der Waals surface area contributed by atoms with E-state index in [1.165, 1.54) is 70.6 Å². The topological polar surface area (TPSA) is 269 Å². The van der Waals surface area contributed by atoms with Crippen LogP contribution >= 0.6 is 15.6 Å². The molecule has 0 bridgehead atoms. The molecular formula is C45H80O17P2. The third-order valence-corrected chi connectivity index (χ3v) is 12.6. The maximum absolute atomic E-state index is 13.0. The van der Waals surface area contributed by atoms with E-state index in [0.717, 1.165) is 51.4 Å². The maximum Gasteiger partial charge on any atom is 0.472 e. The summed E-state index contributed by atoms with van der Waals surface area (Å²) in [6, 6.07) is 0. The highest BCUT2D eigenvalue weighted by Gasteiger charge is 2.54. The second-order valence-corrected chi connectivity index (χ2v) is 19.5. The van der Waals surface area contributed by atoms with Crippen LogP contribution in [0.4, 0.5) is 0 Å². The molecule has 0 radical (unpaired) electrons. The van der Waals surface area contributed by atoms with Gasteiger partial charge in [-0.15, -0.1) is 0 Å². The highest BCUT2D eigenvalue weighted by atomic mass is 31.2. The summed E-state index contributed by atoms with van der Waals surface area (Å²) in [7, 11) is -10.7. The Morgan fingerprint density at radius 1 is 0.562 bits per heavy atom. The molecule has 1 heterocycles. The lowest BCUT2D eigenvalue weighted by Crippen LogP contribution is -2.64. The fourth-order valence-electron chi connectivity index (χ4n) is 7.30. The zero-order chi connectivity index (χ0) is 47.2. The van der Waals surface area contributed by atoms with Crippen molar-refractivity contribution in [1.29, 1.82) is 0 Å². The lowest BCUT2D eigenvalue weighted by molar-refractivity contribution is -0.216. The van der Waals surface area contributed by atoms with Crippen molar-refractivity contribution in [3.8, 4) is 0 Å². The first-order valence-corrected chi connectivity index (χ1v) is 26.7. The Balaban J connectivity index is 1.81. The molecule has 17 nitrogen and oxygen atoms in total. The molecule has 0 aromatic heterocycles. The number of carbonyl (C=O) groups excluding carboxylic acids is 2. The highest BCUT2D eigenvalue weighted by molar-refractivity contribution is 7.47. The van der Waals surface area contributed by atoms with Crippen LogP contribution in [0.1, 0.15) is 168 Å². The van der Waals surface area contributed by atoms with Gasteiger partial charge in [-0.3, -0.25) is 23.2 Å². The number of allylic oxidation sites excluding steroid dienone is 4. The van der Waals surface area contributed by atoms with Gasteiger partial charge in [0, 0.05) is 12.8 Å². The van der Waals surface area contributed by atoms with Crippen LogP contribution in [0, 0.1) is 0 Å². The number of hydrogen-bond donors (Lipinski definition) is 7. The number of carbonyl (C=O) groups is 2. The second-order valence-electron chi connectivity index (χ2n) is 16.9. The van der Waals surface area contributed by atoms with Gasteiger partial charge in [0.05, 0.1) is 18.8 Å². The zero-order valence-corrected chi connectivity index (χ0v) is 39.9.